The zero-order chi connectivity index (χ0) is 23.5. The van der Waals surface area contributed by atoms with Gasteiger partial charge in [-0.2, -0.15) is 0 Å². The second-order valence-electron chi connectivity index (χ2n) is 9.65. The topological polar surface area (TPSA) is 20.2 Å². The minimum atomic E-state index is -2.90. The van der Waals surface area contributed by atoms with Crippen LogP contribution in [0.25, 0.3) is 0 Å². The molecule has 0 bridgehead atoms. The average molecular weight is 449 g/mol. The van der Waals surface area contributed by atoms with E-state index in [0.29, 0.717) is 0 Å². The quantitative estimate of drug-likeness (QED) is 0.318. The SMILES string of the molecule is C=C(C(O)(c1ccccc1)C(C)(C)C)[Si](c1ccccc1)(c1ccccc1)c1ccccc1. The first-order chi connectivity index (χ1) is 15.8. The predicted octanol–water partition coefficient (Wildman–Crippen LogP) is 5.19. The lowest BCUT2D eigenvalue weighted by atomic mass is 9.72. The zero-order valence-electron chi connectivity index (χ0n) is 19.7. The molecule has 166 valence electrons. The highest BCUT2D eigenvalue weighted by atomic mass is 28.3. The molecule has 0 saturated carbocycles. The van der Waals surface area contributed by atoms with E-state index in [1.165, 1.54) is 15.6 Å². The maximum Gasteiger partial charge on any atom is 0.178 e. The first kappa shape index (κ1) is 23.0. The molecule has 1 unspecified atom stereocenters. The van der Waals surface area contributed by atoms with Crippen LogP contribution in [0, 0.1) is 5.41 Å². The molecule has 4 aromatic rings. The lowest BCUT2D eigenvalue weighted by Crippen LogP contribution is -2.72. The van der Waals surface area contributed by atoms with E-state index < -0.39 is 19.1 Å². The Morgan fingerprint density at radius 1 is 0.576 bits per heavy atom. The summed E-state index contributed by atoms with van der Waals surface area (Å²) in [6.45, 7) is 11.1. The summed E-state index contributed by atoms with van der Waals surface area (Å²) in [5, 5.41) is 17.3. The summed E-state index contributed by atoms with van der Waals surface area (Å²) in [5.74, 6) is 0. The van der Waals surface area contributed by atoms with E-state index in [9.17, 15) is 5.11 Å². The van der Waals surface area contributed by atoms with E-state index >= 15 is 0 Å². The first-order valence-corrected chi connectivity index (χ1v) is 13.5. The van der Waals surface area contributed by atoms with Gasteiger partial charge in [-0.3, -0.25) is 0 Å². The van der Waals surface area contributed by atoms with Crippen molar-refractivity contribution < 1.29 is 5.11 Å². The van der Waals surface area contributed by atoms with Crippen molar-refractivity contribution in [2.24, 2.45) is 5.41 Å². The summed E-state index contributed by atoms with van der Waals surface area (Å²) in [7, 11) is -2.90. The van der Waals surface area contributed by atoms with Gasteiger partial charge in [-0.15, -0.1) is 0 Å². The van der Waals surface area contributed by atoms with Crippen LogP contribution in [0.5, 0.6) is 0 Å². The molecule has 0 aliphatic carbocycles. The molecule has 0 amide bonds. The molecule has 0 aliphatic rings. The molecule has 33 heavy (non-hydrogen) atoms. The Labute approximate surface area is 199 Å². The van der Waals surface area contributed by atoms with Crippen molar-refractivity contribution in [3.8, 4) is 0 Å². The number of benzene rings is 4. The van der Waals surface area contributed by atoms with Gasteiger partial charge in [0.05, 0.1) is 0 Å². The van der Waals surface area contributed by atoms with Crippen LogP contribution >= 0.6 is 0 Å². The van der Waals surface area contributed by atoms with Gasteiger partial charge in [0.2, 0.25) is 0 Å². The molecule has 1 nitrogen and oxygen atoms in total. The summed E-state index contributed by atoms with van der Waals surface area (Å²) in [5.41, 5.74) is -0.855. The van der Waals surface area contributed by atoms with Gasteiger partial charge in [0.25, 0.3) is 0 Å². The van der Waals surface area contributed by atoms with Crippen molar-refractivity contribution in [1.82, 2.24) is 0 Å². The van der Waals surface area contributed by atoms with E-state index in [1.807, 2.05) is 30.3 Å². The number of hydrogen-bond acceptors (Lipinski definition) is 1. The van der Waals surface area contributed by atoms with Gasteiger partial charge >= 0.3 is 0 Å². The van der Waals surface area contributed by atoms with Crippen molar-refractivity contribution in [3.63, 3.8) is 0 Å². The molecule has 0 aromatic heterocycles. The molecule has 4 aromatic carbocycles. The third-order valence-electron chi connectivity index (χ3n) is 6.79. The first-order valence-electron chi connectivity index (χ1n) is 11.5. The number of rotatable bonds is 6. The van der Waals surface area contributed by atoms with Crippen molar-refractivity contribution >= 4 is 23.6 Å². The Kier molecular flexibility index (Phi) is 6.25. The van der Waals surface area contributed by atoms with E-state index in [0.717, 1.165) is 10.8 Å². The standard InChI is InChI=1S/C31H32OSi/c1-25(31(32,30(2,3)4)26-17-9-5-10-18-26)33(27-19-11-6-12-20-27,28-21-13-7-14-22-28)29-23-15-8-16-24-29/h5-24,32H,1H2,2-4H3. The van der Waals surface area contributed by atoms with E-state index in [1.54, 1.807) is 0 Å². The predicted molar refractivity (Wildman–Crippen MR) is 143 cm³/mol. The van der Waals surface area contributed by atoms with Gasteiger partial charge in [0.15, 0.2) is 8.07 Å². The monoisotopic (exact) mass is 448 g/mol. The van der Waals surface area contributed by atoms with Crippen LogP contribution in [0.4, 0.5) is 0 Å². The van der Waals surface area contributed by atoms with Gasteiger partial charge < -0.3 is 5.11 Å². The molecular formula is C31H32OSi. The molecule has 0 fully saturated rings. The summed E-state index contributed by atoms with van der Waals surface area (Å²) in [6.07, 6.45) is 0. The largest absolute Gasteiger partial charge is 0.381 e. The van der Waals surface area contributed by atoms with E-state index in [4.69, 9.17) is 6.58 Å². The summed E-state index contributed by atoms with van der Waals surface area (Å²) in [6, 6.07) is 41.9. The average Bonchev–Trinajstić information content (AvgIpc) is 2.86. The molecule has 2 heteroatoms. The van der Waals surface area contributed by atoms with Crippen molar-refractivity contribution in [3.05, 3.63) is 139 Å². The molecule has 0 saturated heterocycles. The molecule has 0 aliphatic heterocycles. The second-order valence-corrected chi connectivity index (χ2v) is 13.5. The molecule has 0 radical (unpaired) electrons. The summed E-state index contributed by atoms with van der Waals surface area (Å²) < 4.78 is 0. The van der Waals surface area contributed by atoms with E-state index in [-0.39, 0.29) is 0 Å². The normalized spacial score (nSPS) is 13.8. The number of hydrogen-bond donors (Lipinski definition) is 1. The van der Waals surface area contributed by atoms with Crippen LogP contribution in [0.1, 0.15) is 26.3 Å². The molecular weight excluding hydrogens is 416 g/mol. The second kappa shape index (κ2) is 8.97. The molecule has 1 atom stereocenters. The third kappa shape index (κ3) is 3.80. The fourth-order valence-corrected chi connectivity index (χ4v) is 10.3. The van der Waals surface area contributed by atoms with Crippen molar-refractivity contribution in [2.45, 2.75) is 26.4 Å². The highest BCUT2D eigenvalue weighted by Gasteiger charge is 2.54. The van der Waals surface area contributed by atoms with Crippen LogP contribution < -0.4 is 15.6 Å². The molecule has 1 N–H and O–H groups in total. The Bertz CT molecular complexity index is 1100. The lowest BCUT2D eigenvalue weighted by molar-refractivity contribution is -0.0235. The Morgan fingerprint density at radius 3 is 1.18 bits per heavy atom. The highest BCUT2D eigenvalue weighted by molar-refractivity contribution is 7.16. The number of aliphatic hydroxyl groups is 1. The van der Waals surface area contributed by atoms with Crippen LogP contribution in [0.15, 0.2) is 133 Å². The van der Waals surface area contributed by atoms with Gasteiger partial charge in [0.1, 0.15) is 5.60 Å². The fourth-order valence-electron chi connectivity index (χ4n) is 5.10. The lowest BCUT2D eigenvalue weighted by Gasteiger charge is -2.49. The zero-order valence-corrected chi connectivity index (χ0v) is 20.7. The minimum absolute atomic E-state index is 0.484. The Hall–Kier alpha value is -3.20. The van der Waals surface area contributed by atoms with Crippen LogP contribution in [0.3, 0.4) is 0 Å². The van der Waals surface area contributed by atoms with Gasteiger partial charge in [-0.05, 0) is 31.7 Å². The Balaban J connectivity index is 2.14. The maximum absolute atomic E-state index is 12.7. The summed E-state index contributed by atoms with van der Waals surface area (Å²) in [4.78, 5) is 0. The van der Waals surface area contributed by atoms with Crippen LogP contribution in [-0.4, -0.2) is 13.2 Å². The third-order valence-corrected chi connectivity index (χ3v) is 11.7. The van der Waals surface area contributed by atoms with Crippen LogP contribution in [-0.2, 0) is 5.60 Å². The minimum Gasteiger partial charge on any atom is -0.381 e. The summed E-state index contributed by atoms with van der Waals surface area (Å²) >= 11 is 0. The smallest absolute Gasteiger partial charge is 0.178 e. The van der Waals surface area contributed by atoms with Crippen molar-refractivity contribution in [1.29, 1.82) is 0 Å². The molecule has 0 spiro atoms. The van der Waals surface area contributed by atoms with Crippen molar-refractivity contribution in [2.75, 3.05) is 0 Å². The van der Waals surface area contributed by atoms with E-state index in [2.05, 4.69) is 112 Å². The molecule has 4 rings (SSSR count). The maximum atomic E-state index is 12.7. The van der Waals surface area contributed by atoms with Gasteiger partial charge in [-0.25, -0.2) is 0 Å². The molecule has 0 heterocycles. The van der Waals surface area contributed by atoms with Crippen LogP contribution in [0.2, 0.25) is 0 Å². The Morgan fingerprint density at radius 2 is 0.879 bits per heavy atom. The van der Waals surface area contributed by atoms with Gasteiger partial charge in [0, 0.05) is 0 Å². The highest BCUT2D eigenvalue weighted by Crippen LogP contribution is 2.47. The van der Waals surface area contributed by atoms with Gasteiger partial charge in [-0.1, -0.05) is 149 Å². The fraction of sp³-hybridized carbons (Fsp3) is 0.161.